The van der Waals surface area contributed by atoms with Crippen molar-refractivity contribution in [3.63, 3.8) is 0 Å². The number of hydrogen-bond donors (Lipinski definition) is 0. The Labute approximate surface area is 169 Å². The molecule has 2 aromatic carbocycles. The first kappa shape index (κ1) is 19.5. The van der Waals surface area contributed by atoms with Gasteiger partial charge >= 0.3 is 0 Å². The summed E-state index contributed by atoms with van der Waals surface area (Å²) in [5, 5.41) is 11.7. The van der Waals surface area contributed by atoms with Gasteiger partial charge in [-0.15, -0.1) is 11.3 Å². The molecule has 0 spiro atoms. The van der Waals surface area contributed by atoms with E-state index >= 15 is 0 Å². The van der Waals surface area contributed by atoms with Crippen LogP contribution < -0.4 is 0 Å². The summed E-state index contributed by atoms with van der Waals surface area (Å²) in [6.45, 7) is 0. The van der Waals surface area contributed by atoms with Crippen LogP contribution in [0.5, 0.6) is 0 Å². The third kappa shape index (κ3) is 4.20. The highest BCUT2D eigenvalue weighted by Gasteiger charge is 2.24. The molecule has 27 heavy (non-hydrogen) atoms. The Morgan fingerprint density at radius 3 is 2.56 bits per heavy atom. The van der Waals surface area contributed by atoms with Gasteiger partial charge in [0.1, 0.15) is 16.9 Å². The number of halogens is 3. The van der Waals surface area contributed by atoms with Gasteiger partial charge in [-0.3, -0.25) is 0 Å². The number of thiazole rings is 1. The van der Waals surface area contributed by atoms with Gasteiger partial charge < -0.3 is 0 Å². The second-order valence-electron chi connectivity index (χ2n) is 5.28. The summed E-state index contributed by atoms with van der Waals surface area (Å²) in [6, 6.07) is 11.4. The zero-order chi connectivity index (χ0) is 19.6. The number of rotatable bonds is 4. The fourth-order valence-corrected chi connectivity index (χ4v) is 4.87. The van der Waals surface area contributed by atoms with Crippen LogP contribution in [0.15, 0.2) is 57.6 Å². The normalized spacial score (nSPS) is 12.0. The number of nitrogens with zero attached hydrogens (tertiary/aromatic N) is 2. The quantitative estimate of drug-likeness (QED) is 0.497. The topological polar surface area (TPSA) is 70.8 Å². The first-order valence-electron chi connectivity index (χ1n) is 7.34. The van der Waals surface area contributed by atoms with Gasteiger partial charge in [-0.25, -0.2) is 17.8 Å². The van der Waals surface area contributed by atoms with E-state index in [1.54, 1.807) is 23.6 Å². The average molecular weight is 439 g/mol. The van der Waals surface area contributed by atoms with Gasteiger partial charge in [0.2, 0.25) is 9.84 Å². The van der Waals surface area contributed by atoms with Crippen LogP contribution in [-0.2, 0) is 9.84 Å². The van der Waals surface area contributed by atoms with Gasteiger partial charge in [0.25, 0.3) is 0 Å². The zero-order valence-corrected chi connectivity index (χ0v) is 16.5. The van der Waals surface area contributed by atoms with Crippen molar-refractivity contribution >= 4 is 50.5 Å². The lowest BCUT2D eigenvalue weighted by molar-refractivity contribution is 0.603. The number of hydrogen-bond acceptors (Lipinski definition) is 5. The molecule has 0 N–H and O–H groups in total. The van der Waals surface area contributed by atoms with Crippen molar-refractivity contribution in [1.82, 2.24) is 4.98 Å². The molecule has 0 aliphatic carbocycles. The molecule has 4 nitrogen and oxygen atoms in total. The Morgan fingerprint density at radius 2 is 1.89 bits per heavy atom. The van der Waals surface area contributed by atoms with Gasteiger partial charge in [0.05, 0.1) is 15.6 Å². The second kappa shape index (κ2) is 7.79. The molecular weight excluding hydrogens is 430 g/mol. The van der Waals surface area contributed by atoms with Gasteiger partial charge in [-0.05, 0) is 48.5 Å². The van der Waals surface area contributed by atoms with E-state index in [4.69, 9.17) is 23.2 Å². The predicted octanol–water partition coefficient (Wildman–Crippen LogP) is 5.59. The van der Waals surface area contributed by atoms with Crippen LogP contribution in [0.2, 0.25) is 10.0 Å². The van der Waals surface area contributed by atoms with E-state index in [1.165, 1.54) is 41.7 Å². The number of benzene rings is 2. The molecule has 0 saturated carbocycles. The predicted molar refractivity (Wildman–Crippen MR) is 105 cm³/mol. The Balaban J connectivity index is 2.01. The van der Waals surface area contributed by atoms with Crippen LogP contribution in [0, 0.1) is 17.1 Å². The molecule has 1 aromatic heterocycles. The van der Waals surface area contributed by atoms with Crippen molar-refractivity contribution in [3.05, 3.63) is 74.3 Å². The average Bonchev–Trinajstić information content (AvgIpc) is 3.10. The minimum absolute atomic E-state index is 0.0363. The number of nitriles is 1. The van der Waals surface area contributed by atoms with E-state index in [9.17, 15) is 18.1 Å². The summed E-state index contributed by atoms with van der Waals surface area (Å²) in [6.07, 6.45) is 1.16. The maximum atomic E-state index is 13.0. The lowest BCUT2D eigenvalue weighted by Crippen LogP contribution is -2.04. The minimum atomic E-state index is -4.16. The Bertz CT molecular complexity index is 1180. The summed E-state index contributed by atoms with van der Waals surface area (Å²) >= 11 is 13.1. The largest absolute Gasteiger partial charge is 0.237 e. The summed E-state index contributed by atoms with van der Waals surface area (Å²) in [7, 11) is -4.16. The number of sulfone groups is 1. The van der Waals surface area contributed by atoms with E-state index in [0.29, 0.717) is 10.6 Å². The molecule has 3 aromatic rings. The smallest absolute Gasteiger partial charge is 0.218 e. The first-order valence-corrected chi connectivity index (χ1v) is 10.5. The van der Waals surface area contributed by atoms with Gasteiger partial charge in [-0.1, -0.05) is 23.2 Å². The van der Waals surface area contributed by atoms with Crippen LogP contribution in [0.1, 0.15) is 5.69 Å². The van der Waals surface area contributed by atoms with Crippen molar-refractivity contribution in [1.29, 1.82) is 5.26 Å². The summed E-state index contributed by atoms with van der Waals surface area (Å²) in [4.78, 5) is 3.53. The van der Waals surface area contributed by atoms with Gasteiger partial charge in [0.15, 0.2) is 4.91 Å². The van der Waals surface area contributed by atoms with Crippen LogP contribution in [-0.4, -0.2) is 13.4 Å². The van der Waals surface area contributed by atoms with Crippen molar-refractivity contribution in [2.45, 2.75) is 4.90 Å². The van der Waals surface area contributed by atoms with Gasteiger partial charge in [0, 0.05) is 16.0 Å². The molecule has 0 bridgehead atoms. The highest BCUT2D eigenvalue weighted by atomic mass is 35.5. The Kier molecular flexibility index (Phi) is 5.63. The minimum Gasteiger partial charge on any atom is -0.237 e. The molecule has 3 rings (SSSR count). The molecule has 0 radical (unpaired) electrons. The lowest BCUT2D eigenvalue weighted by Gasteiger charge is -2.05. The summed E-state index contributed by atoms with van der Waals surface area (Å²) in [5.41, 5.74) is 0.970. The molecule has 0 saturated heterocycles. The molecular formula is C18H9Cl2FN2O2S2. The molecule has 1 heterocycles. The van der Waals surface area contributed by atoms with Crippen LogP contribution in [0.3, 0.4) is 0 Å². The molecule has 0 aliphatic rings. The van der Waals surface area contributed by atoms with E-state index in [0.717, 1.165) is 6.08 Å². The van der Waals surface area contributed by atoms with E-state index in [2.05, 4.69) is 4.98 Å². The standard InChI is InChI=1S/C18H9Cl2FN2O2S2/c19-12-3-6-16(20)17(7-12)27(24,25)15(9-22)8-14-10-26-18(23-14)11-1-4-13(21)5-2-11/h1-8,10H. The van der Waals surface area contributed by atoms with Crippen molar-refractivity contribution in [2.75, 3.05) is 0 Å². The molecule has 0 atom stereocenters. The second-order valence-corrected chi connectivity index (χ2v) is 8.87. The van der Waals surface area contributed by atoms with Crippen molar-refractivity contribution in [2.24, 2.45) is 0 Å². The zero-order valence-electron chi connectivity index (χ0n) is 13.4. The fourth-order valence-electron chi connectivity index (χ4n) is 2.18. The monoisotopic (exact) mass is 438 g/mol. The fraction of sp³-hybridized carbons (Fsp3) is 0. The number of aromatic nitrogens is 1. The van der Waals surface area contributed by atoms with Crippen LogP contribution >= 0.6 is 34.5 Å². The summed E-state index contributed by atoms with van der Waals surface area (Å²) < 4.78 is 38.5. The molecule has 0 unspecified atom stereocenters. The SMILES string of the molecule is N#CC(=Cc1csc(-c2ccc(F)cc2)n1)S(=O)(=O)c1cc(Cl)ccc1Cl. The molecule has 136 valence electrons. The van der Waals surface area contributed by atoms with Crippen LogP contribution in [0.25, 0.3) is 16.6 Å². The lowest BCUT2D eigenvalue weighted by atomic mass is 10.2. The molecule has 9 heteroatoms. The molecule has 0 aliphatic heterocycles. The highest BCUT2D eigenvalue weighted by molar-refractivity contribution is 7.95. The van der Waals surface area contributed by atoms with E-state index < -0.39 is 14.7 Å². The van der Waals surface area contributed by atoms with E-state index in [1.807, 2.05) is 0 Å². The van der Waals surface area contributed by atoms with E-state index in [-0.39, 0.29) is 26.5 Å². The highest BCUT2D eigenvalue weighted by Crippen LogP contribution is 2.31. The van der Waals surface area contributed by atoms with Crippen LogP contribution in [0.4, 0.5) is 4.39 Å². The maximum absolute atomic E-state index is 13.0. The van der Waals surface area contributed by atoms with Gasteiger partial charge in [-0.2, -0.15) is 5.26 Å². The summed E-state index contributed by atoms with van der Waals surface area (Å²) in [5.74, 6) is -0.369. The third-order valence-corrected chi connectivity index (χ3v) is 6.77. The first-order chi connectivity index (χ1) is 12.8. The third-order valence-electron chi connectivity index (χ3n) is 3.47. The maximum Gasteiger partial charge on any atom is 0.218 e. The van der Waals surface area contributed by atoms with Crippen molar-refractivity contribution in [3.8, 4) is 16.6 Å². The Hall–Kier alpha value is -2.24. The molecule has 0 amide bonds. The number of allylic oxidation sites excluding steroid dienone is 1. The molecule has 0 fully saturated rings. The van der Waals surface area contributed by atoms with Crippen molar-refractivity contribution < 1.29 is 12.8 Å². The Morgan fingerprint density at radius 1 is 1.19 bits per heavy atom.